The van der Waals surface area contributed by atoms with Crippen molar-refractivity contribution >= 4 is 0 Å². The molecule has 0 amide bonds. The molecule has 0 aromatic carbocycles. The van der Waals surface area contributed by atoms with Gasteiger partial charge in [0.2, 0.25) is 0 Å². The Morgan fingerprint density at radius 1 is 1.28 bits per heavy atom. The molecular formula is C15H25N3. The molecule has 1 saturated heterocycles. The Balaban J connectivity index is 1.86. The van der Waals surface area contributed by atoms with E-state index in [1.807, 2.05) is 6.20 Å². The van der Waals surface area contributed by atoms with Gasteiger partial charge in [-0.2, -0.15) is 0 Å². The number of pyridine rings is 1. The Bertz CT molecular complexity index is 351. The molecule has 100 valence electrons. The van der Waals surface area contributed by atoms with Crippen LogP contribution in [0, 0.1) is 11.8 Å². The highest BCUT2D eigenvalue weighted by atomic mass is 15.2. The van der Waals surface area contributed by atoms with Crippen molar-refractivity contribution in [3.8, 4) is 0 Å². The Morgan fingerprint density at radius 3 is 2.56 bits per heavy atom. The lowest BCUT2D eigenvalue weighted by Gasteiger charge is -2.14. The van der Waals surface area contributed by atoms with Crippen molar-refractivity contribution in [1.29, 1.82) is 0 Å². The van der Waals surface area contributed by atoms with E-state index < -0.39 is 0 Å². The molecule has 2 heterocycles. The lowest BCUT2D eigenvalue weighted by molar-refractivity contribution is 0.312. The third-order valence-electron chi connectivity index (χ3n) is 3.91. The Kier molecular flexibility index (Phi) is 4.72. The minimum atomic E-state index is 0.818. The molecule has 1 aliphatic heterocycles. The molecule has 0 radical (unpaired) electrons. The number of rotatable bonds is 5. The van der Waals surface area contributed by atoms with Gasteiger partial charge >= 0.3 is 0 Å². The third kappa shape index (κ3) is 3.53. The number of nitrogens with one attached hydrogen (secondary N) is 1. The molecule has 2 rings (SSSR count). The molecule has 2 unspecified atom stereocenters. The number of hydrogen-bond donors (Lipinski definition) is 1. The van der Waals surface area contributed by atoms with Crippen molar-refractivity contribution in [3.05, 3.63) is 29.6 Å². The zero-order chi connectivity index (χ0) is 13.0. The van der Waals surface area contributed by atoms with Gasteiger partial charge in [0.15, 0.2) is 0 Å². The predicted molar refractivity (Wildman–Crippen MR) is 75.2 cm³/mol. The Morgan fingerprint density at radius 2 is 2.00 bits per heavy atom. The second kappa shape index (κ2) is 6.30. The van der Waals surface area contributed by atoms with E-state index in [1.54, 1.807) is 0 Å². The summed E-state index contributed by atoms with van der Waals surface area (Å²) >= 11 is 0. The van der Waals surface area contributed by atoms with Crippen LogP contribution in [0.2, 0.25) is 0 Å². The zero-order valence-electron chi connectivity index (χ0n) is 11.8. The summed E-state index contributed by atoms with van der Waals surface area (Å²) < 4.78 is 0. The molecule has 0 spiro atoms. The van der Waals surface area contributed by atoms with Crippen molar-refractivity contribution in [3.63, 3.8) is 0 Å². The summed E-state index contributed by atoms with van der Waals surface area (Å²) in [5, 5.41) is 3.32. The van der Waals surface area contributed by atoms with Gasteiger partial charge in [-0.3, -0.25) is 9.88 Å². The highest BCUT2D eigenvalue weighted by molar-refractivity contribution is 5.14. The minimum Gasteiger partial charge on any atom is -0.313 e. The molecule has 2 atom stereocenters. The average Bonchev–Trinajstić information content (AvgIpc) is 2.67. The summed E-state index contributed by atoms with van der Waals surface area (Å²) in [7, 11) is 0. The first-order chi connectivity index (χ1) is 8.69. The molecule has 1 N–H and O–H groups in total. The third-order valence-corrected chi connectivity index (χ3v) is 3.91. The van der Waals surface area contributed by atoms with Crippen LogP contribution in [0.3, 0.4) is 0 Å². The van der Waals surface area contributed by atoms with Crippen LogP contribution in [0.15, 0.2) is 18.3 Å². The summed E-state index contributed by atoms with van der Waals surface area (Å²) in [4.78, 5) is 7.08. The van der Waals surface area contributed by atoms with Gasteiger partial charge in [-0.05, 0) is 30.0 Å². The SMILES string of the molecule is CCNCc1ccc(CN2CC(C)C(C)C2)nc1. The van der Waals surface area contributed by atoms with Gasteiger partial charge in [0.1, 0.15) is 0 Å². The van der Waals surface area contributed by atoms with Gasteiger partial charge in [-0.15, -0.1) is 0 Å². The maximum absolute atomic E-state index is 4.56. The van der Waals surface area contributed by atoms with E-state index in [4.69, 9.17) is 0 Å². The van der Waals surface area contributed by atoms with Gasteiger partial charge in [0, 0.05) is 32.4 Å². The fourth-order valence-electron chi connectivity index (χ4n) is 2.53. The lowest BCUT2D eigenvalue weighted by Crippen LogP contribution is -2.20. The Labute approximate surface area is 111 Å². The van der Waals surface area contributed by atoms with Crippen LogP contribution in [0.25, 0.3) is 0 Å². The molecule has 3 heteroatoms. The molecule has 3 nitrogen and oxygen atoms in total. The van der Waals surface area contributed by atoms with Crippen LogP contribution >= 0.6 is 0 Å². The summed E-state index contributed by atoms with van der Waals surface area (Å²) in [6, 6.07) is 4.36. The number of nitrogens with zero attached hydrogens (tertiary/aromatic N) is 2. The standard InChI is InChI=1S/C15H25N3/c1-4-16-7-14-5-6-15(17-8-14)11-18-9-12(2)13(3)10-18/h5-6,8,12-13,16H,4,7,9-11H2,1-3H3. The maximum atomic E-state index is 4.56. The molecule has 1 aromatic heterocycles. The van der Waals surface area contributed by atoms with E-state index in [1.165, 1.54) is 24.3 Å². The van der Waals surface area contributed by atoms with E-state index >= 15 is 0 Å². The second-order valence-electron chi connectivity index (χ2n) is 5.59. The first-order valence-corrected chi connectivity index (χ1v) is 7.06. The van der Waals surface area contributed by atoms with E-state index in [9.17, 15) is 0 Å². The van der Waals surface area contributed by atoms with Crippen LogP contribution < -0.4 is 5.32 Å². The first kappa shape index (κ1) is 13.5. The normalized spacial score (nSPS) is 24.6. The number of hydrogen-bond acceptors (Lipinski definition) is 3. The van der Waals surface area contributed by atoms with Gasteiger partial charge in [0.25, 0.3) is 0 Å². The number of likely N-dealkylation sites (tertiary alicyclic amines) is 1. The predicted octanol–water partition coefficient (Wildman–Crippen LogP) is 2.28. The van der Waals surface area contributed by atoms with Crippen LogP contribution in [0.4, 0.5) is 0 Å². The molecular weight excluding hydrogens is 222 g/mol. The molecule has 1 fully saturated rings. The van der Waals surface area contributed by atoms with Crippen molar-refractivity contribution in [2.75, 3.05) is 19.6 Å². The van der Waals surface area contributed by atoms with Crippen LogP contribution in [-0.2, 0) is 13.1 Å². The first-order valence-electron chi connectivity index (χ1n) is 7.06. The average molecular weight is 247 g/mol. The summed E-state index contributed by atoms with van der Waals surface area (Å²) in [6.07, 6.45) is 2.00. The molecule has 1 aromatic rings. The lowest BCUT2D eigenvalue weighted by atomic mass is 10.0. The molecule has 0 bridgehead atoms. The smallest absolute Gasteiger partial charge is 0.0544 e. The molecule has 18 heavy (non-hydrogen) atoms. The van der Waals surface area contributed by atoms with Crippen molar-refractivity contribution < 1.29 is 0 Å². The van der Waals surface area contributed by atoms with E-state index in [-0.39, 0.29) is 0 Å². The summed E-state index contributed by atoms with van der Waals surface area (Å²) in [5.41, 5.74) is 2.46. The highest BCUT2D eigenvalue weighted by Gasteiger charge is 2.25. The van der Waals surface area contributed by atoms with Gasteiger partial charge in [0.05, 0.1) is 5.69 Å². The largest absolute Gasteiger partial charge is 0.313 e. The van der Waals surface area contributed by atoms with Crippen molar-refractivity contribution in [2.24, 2.45) is 11.8 Å². The van der Waals surface area contributed by atoms with Crippen LogP contribution in [0.5, 0.6) is 0 Å². The molecule has 0 aliphatic carbocycles. The van der Waals surface area contributed by atoms with Crippen molar-refractivity contribution in [1.82, 2.24) is 15.2 Å². The number of aromatic nitrogens is 1. The Hall–Kier alpha value is -0.930. The molecule has 0 saturated carbocycles. The zero-order valence-corrected chi connectivity index (χ0v) is 11.8. The molecule has 1 aliphatic rings. The van der Waals surface area contributed by atoms with Crippen LogP contribution in [0.1, 0.15) is 32.0 Å². The topological polar surface area (TPSA) is 28.2 Å². The maximum Gasteiger partial charge on any atom is 0.0544 e. The van der Waals surface area contributed by atoms with Gasteiger partial charge in [-0.1, -0.05) is 26.8 Å². The monoisotopic (exact) mass is 247 g/mol. The van der Waals surface area contributed by atoms with E-state index in [2.05, 4.69) is 48.1 Å². The van der Waals surface area contributed by atoms with Gasteiger partial charge in [-0.25, -0.2) is 0 Å². The van der Waals surface area contributed by atoms with E-state index in [0.717, 1.165) is 31.5 Å². The highest BCUT2D eigenvalue weighted by Crippen LogP contribution is 2.23. The van der Waals surface area contributed by atoms with E-state index in [0.29, 0.717) is 0 Å². The minimum absolute atomic E-state index is 0.818. The second-order valence-corrected chi connectivity index (χ2v) is 5.59. The quantitative estimate of drug-likeness (QED) is 0.865. The summed E-state index contributed by atoms with van der Waals surface area (Å²) in [5.74, 6) is 1.64. The van der Waals surface area contributed by atoms with Crippen LogP contribution in [-0.4, -0.2) is 29.5 Å². The fraction of sp³-hybridized carbons (Fsp3) is 0.667. The fourth-order valence-corrected chi connectivity index (χ4v) is 2.53. The van der Waals surface area contributed by atoms with Gasteiger partial charge < -0.3 is 5.32 Å². The summed E-state index contributed by atoms with van der Waals surface area (Å²) in [6.45, 7) is 12.2. The van der Waals surface area contributed by atoms with Crippen molar-refractivity contribution in [2.45, 2.75) is 33.9 Å².